The van der Waals surface area contributed by atoms with Crippen molar-refractivity contribution < 1.29 is 14.6 Å². The minimum atomic E-state index is -1.00. The van der Waals surface area contributed by atoms with Crippen LogP contribution >= 0.6 is 0 Å². The van der Waals surface area contributed by atoms with Gasteiger partial charge in [0.15, 0.2) is 0 Å². The molecule has 0 bridgehead atoms. The second-order valence-electron chi connectivity index (χ2n) is 3.16. The van der Waals surface area contributed by atoms with Crippen LogP contribution in [-0.4, -0.2) is 28.8 Å². The van der Waals surface area contributed by atoms with Crippen molar-refractivity contribution in [3.05, 3.63) is 44.0 Å². The summed E-state index contributed by atoms with van der Waals surface area (Å²) in [5, 5.41) is 20.8. The van der Waals surface area contributed by atoms with Crippen molar-refractivity contribution in [2.24, 2.45) is 17.2 Å². The average Bonchev–Trinajstić information content (AvgIpc) is 2.37. The Morgan fingerprint density at radius 2 is 1.63 bits per heavy atom. The number of nitro benzene ring substituents is 2. The topological polar surface area (TPSA) is 181 Å². The van der Waals surface area contributed by atoms with Gasteiger partial charge in [0.1, 0.15) is 5.56 Å². The lowest BCUT2D eigenvalue weighted by Gasteiger charge is -1.97. The lowest BCUT2D eigenvalue weighted by molar-refractivity contribution is -0.394. The molecule has 0 aromatic heterocycles. The van der Waals surface area contributed by atoms with Crippen molar-refractivity contribution >= 4 is 17.3 Å². The Morgan fingerprint density at radius 3 is 1.95 bits per heavy atom. The fourth-order valence-corrected chi connectivity index (χ4v) is 0.993. The summed E-state index contributed by atoms with van der Waals surface area (Å²) < 4.78 is 0. The van der Waals surface area contributed by atoms with E-state index in [2.05, 4.69) is 0 Å². The highest BCUT2D eigenvalue weighted by Gasteiger charge is 2.22. The quantitative estimate of drug-likeness (QED) is 0.487. The highest BCUT2D eigenvalue weighted by atomic mass is 16.6. The third-order valence-corrected chi connectivity index (χ3v) is 1.82. The molecule has 6 N–H and O–H groups in total. The fourth-order valence-electron chi connectivity index (χ4n) is 0.993. The first-order chi connectivity index (χ1) is 8.84. The van der Waals surface area contributed by atoms with Gasteiger partial charge < -0.3 is 17.2 Å². The number of non-ortho nitro benzene ring substituents is 1. The van der Waals surface area contributed by atoms with Crippen molar-refractivity contribution in [3.63, 3.8) is 0 Å². The monoisotopic (exact) mass is 271 g/mol. The standard InChI is InChI=1S/C7H5N3O5.C2H8N2/c8-7(11)5-2-1-4(9(12)13)3-6(5)10(14)15;3-1-2-4/h1-3H,(H2,8,11);1-4H2. The lowest BCUT2D eigenvalue weighted by Crippen LogP contribution is -2.13. The third-order valence-electron chi connectivity index (χ3n) is 1.82. The largest absolute Gasteiger partial charge is 0.365 e. The molecule has 0 heterocycles. The van der Waals surface area contributed by atoms with Gasteiger partial charge in [-0.15, -0.1) is 0 Å². The molecule has 1 rings (SSSR count). The second-order valence-corrected chi connectivity index (χ2v) is 3.16. The zero-order valence-corrected chi connectivity index (χ0v) is 9.81. The van der Waals surface area contributed by atoms with E-state index in [4.69, 9.17) is 17.2 Å². The van der Waals surface area contributed by atoms with E-state index in [1.54, 1.807) is 0 Å². The highest BCUT2D eigenvalue weighted by Crippen LogP contribution is 2.23. The Bertz CT molecular complexity index is 488. The first kappa shape index (κ1) is 16.4. The van der Waals surface area contributed by atoms with E-state index in [1.807, 2.05) is 0 Å². The first-order valence-corrected chi connectivity index (χ1v) is 4.97. The molecular weight excluding hydrogens is 258 g/mol. The van der Waals surface area contributed by atoms with E-state index in [0.717, 1.165) is 12.1 Å². The van der Waals surface area contributed by atoms with Crippen molar-refractivity contribution in [1.29, 1.82) is 0 Å². The summed E-state index contributed by atoms with van der Waals surface area (Å²) in [5.74, 6) is -1.00. The zero-order chi connectivity index (χ0) is 15.0. The van der Waals surface area contributed by atoms with Crippen LogP contribution in [0.3, 0.4) is 0 Å². The van der Waals surface area contributed by atoms with E-state index in [1.165, 1.54) is 0 Å². The summed E-state index contributed by atoms with van der Waals surface area (Å²) in [6, 6.07) is 2.63. The van der Waals surface area contributed by atoms with Gasteiger partial charge in [0.25, 0.3) is 17.3 Å². The number of amides is 1. The Hall–Kier alpha value is -2.59. The highest BCUT2D eigenvalue weighted by molar-refractivity contribution is 5.97. The maximum atomic E-state index is 10.8. The number of rotatable bonds is 4. The molecule has 0 saturated carbocycles. The molecule has 0 aliphatic heterocycles. The van der Waals surface area contributed by atoms with E-state index in [9.17, 15) is 25.0 Å². The molecule has 1 aromatic carbocycles. The van der Waals surface area contributed by atoms with E-state index in [0.29, 0.717) is 19.2 Å². The molecule has 0 fully saturated rings. The van der Waals surface area contributed by atoms with Gasteiger partial charge in [0, 0.05) is 19.2 Å². The number of primary amides is 1. The fraction of sp³-hybridized carbons (Fsp3) is 0.222. The van der Waals surface area contributed by atoms with Crippen molar-refractivity contribution in [2.45, 2.75) is 0 Å². The second kappa shape index (κ2) is 7.68. The van der Waals surface area contributed by atoms with Gasteiger partial charge in [0.2, 0.25) is 0 Å². The lowest BCUT2D eigenvalue weighted by atomic mass is 10.1. The Morgan fingerprint density at radius 1 is 1.11 bits per heavy atom. The summed E-state index contributed by atoms with van der Waals surface area (Å²) in [4.78, 5) is 29.9. The number of nitro groups is 2. The molecule has 10 nitrogen and oxygen atoms in total. The maximum absolute atomic E-state index is 10.8. The van der Waals surface area contributed by atoms with Gasteiger partial charge in [0.05, 0.1) is 15.9 Å². The number of benzene rings is 1. The van der Waals surface area contributed by atoms with Gasteiger partial charge in [-0.3, -0.25) is 25.0 Å². The maximum Gasteiger partial charge on any atom is 0.289 e. The van der Waals surface area contributed by atoms with E-state index in [-0.39, 0.29) is 5.56 Å². The summed E-state index contributed by atoms with van der Waals surface area (Å²) in [6.07, 6.45) is 0. The van der Waals surface area contributed by atoms with Crippen LogP contribution in [0.25, 0.3) is 0 Å². The normalized spacial score (nSPS) is 9.16. The molecule has 0 spiro atoms. The van der Waals surface area contributed by atoms with Crippen molar-refractivity contribution in [2.75, 3.05) is 13.1 Å². The third kappa shape index (κ3) is 5.06. The zero-order valence-electron chi connectivity index (χ0n) is 9.81. The molecule has 104 valence electrons. The van der Waals surface area contributed by atoms with E-state index < -0.39 is 27.1 Å². The predicted molar refractivity (Wildman–Crippen MR) is 66.4 cm³/mol. The van der Waals surface area contributed by atoms with Crippen LogP contribution in [-0.2, 0) is 0 Å². The number of carbonyl (C=O) groups excluding carboxylic acids is 1. The molecule has 19 heavy (non-hydrogen) atoms. The van der Waals surface area contributed by atoms with E-state index >= 15 is 0 Å². The molecular formula is C9H13N5O5. The van der Waals surface area contributed by atoms with Gasteiger partial charge in [-0.05, 0) is 6.07 Å². The number of carbonyl (C=O) groups is 1. The van der Waals surface area contributed by atoms with Crippen LogP contribution in [0.5, 0.6) is 0 Å². The average molecular weight is 271 g/mol. The number of nitrogens with two attached hydrogens (primary N) is 3. The Balaban J connectivity index is 0.000000711. The SMILES string of the molecule is NC(=O)c1ccc([N+](=O)[O-])cc1[N+](=O)[O-].NCCN. The molecule has 0 atom stereocenters. The van der Waals surface area contributed by atoms with Crippen LogP contribution in [0.4, 0.5) is 11.4 Å². The molecule has 0 saturated heterocycles. The van der Waals surface area contributed by atoms with Crippen LogP contribution in [0.15, 0.2) is 18.2 Å². The minimum absolute atomic E-state index is 0.356. The number of hydrogen-bond acceptors (Lipinski definition) is 7. The molecule has 0 aliphatic rings. The van der Waals surface area contributed by atoms with Gasteiger partial charge in [-0.1, -0.05) is 0 Å². The van der Waals surface area contributed by atoms with Crippen LogP contribution < -0.4 is 17.2 Å². The van der Waals surface area contributed by atoms with Gasteiger partial charge >= 0.3 is 0 Å². The summed E-state index contributed by atoms with van der Waals surface area (Å²) in [7, 11) is 0. The minimum Gasteiger partial charge on any atom is -0.365 e. The predicted octanol–water partition coefficient (Wildman–Crippen LogP) is -0.494. The van der Waals surface area contributed by atoms with Gasteiger partial charge in [-0.2, -0.15) is 0 Å². The van der Waals surface area contributed by atoms with Crippen molar-refractivity contribution in [1.82, 2.24) is 0 Å². The van der Waals surface area contributed by atoms with Gasteiger partial charge in [-0.25, -0.2) is 0 Å². The van der Waals surface area contributed by atoms with Crippen LogP contribution in [0.1, 0.15) is 10.4 Å². The first-order valence-electron chi connectivity index (χ1n) is 4.97. The molecule has 0 aliphatic carbocycles. The molecule has 10 heteroatoms. The smallest absolute Gasteiger partial charge is 0.289 e. The molecule has 1 aromatic rings. The van der Waals surface area contributed by atoms with Crippen LogP contribution in [0.2, 0.25) is 0 Å². The van der Waals surface area contributed by atoms with Crippen molar-refractivity contribution in [3.8, 4) is 0 Å². The summed E-state index contributed by atoms with van der Waals surface area (Å²) in [5.41, 5.74) is 13.2. The summed E-state index contributed by atoms with van der Waals surface area (Å²) >= 11 is 0. The van der Waals surface area contributed by atoms with Crippen LogP contribution in [0, 0.1) is 20.2 Å². The molecule has 1 amide bonds. The molecule has 0 unspecified atom stereocenters. The molecule has 0 radical (unpaired) electrons. The number of hydrogen-bond donors (Lipinski definition) is 3. The Labute approximate surface area is 107 Å². The summed E-state index contributed by atoms with van der Waals surface area (Å²) in [6.45, 7) is 1.19. The number of nitrogens with zero attached hydrogens (tertiary/aromatic N) is 2. The Kier molecular flexibility index (Phi) is 6.63.